The van der Waals surface area contributed by atoms with Crippen molar-refractivity contribution in [3.05, 3.63) is 48.2 Å². The van der Waals surface area contributed by atoms with E-state index in [1.165, 1.54) is 6.20 Å². The summed E-state index contributed by atoms with van der Waals surface area (Å²) in [5.41, 5.74) is 1.56. The van der Waals surface area contributed by atoms with Gasteiger partial charge in [0.2, 0.25) is 0 Å². The minimum absolute atomic E-state index is 0.0151. The van der Waals surface area contributed by atoms with Gasteiger partial charge in [0.1, 0.15) is 10.7 Å². The van der Waals surface area contributed by atoms with Crippen LogP contribution in [-0.4, -0.2) is 70.8 Å². The molecule has 8 nitrogen and oxygen atoms in total. The first kappa shape index (κ1) is 21.0. The summed E-state index contributed by atoms with van der Waals surface area (Å²) in [6.07, 6.45) is 1.41. The quantitative estimate of drug-likeness (QED) is 0.748. The Morgan fingerprint density at radius 1 is 1.07 bits per heavy atom. The fourth-order valence-corrected chi connectivity index (χ4v) is 4.69. The molecule has 2 aliphatic rings. The molecule has 2 aliphatic heterocycles. The molecule has 3 heterocycles. The topological polar surface area (TPSA) is 84.0 Å². The number of ether oxygens (including phenoxy) is 2. The lowest BCUT2D eigenvalue weighted by molar-refractivity contribution is -0.0281. The van der Waals surface area contributed by atoms with Crippen molar-refractivity contribution >= 4 is 21.5 Å². The molecule has 0 radical (unpaired) electrons. The zero-order chi connectivity index (χ0) is 21.0. The van der Waals surface area contributed by atoms with E-state index in [2.05, 4.69) is 26.4 Å². The molecule has 1 N–H and O–H groups in total. The summed E-state index contributed by atoms with van der Waals surface area (Å²) < 4.78 is 39.3. The van der Waals surface area contributed by atoms with Crippen LogP contribution in [0.3, 0.4) is 0 Å². The van der Waals surface area contributed by atoms with Gasteiger partial charge >= 0.3 is 0 Å². The zero-order valence-corrected chi connectivity index (χ0v) is 18.0. The molecule has 1 unspecified atom stereocenters. The molecule has 4 rings (SSSR count). The second-order valence-corrected chi connectivity index (χ2v) is 9.11. The second-order valence-electron chi connectivity index (χ2n) is 7.43. The zero-order valence-electron chi connectivity index (χ0n) is 17.2. The molecule has 162 valence electrons. The molecule has 0 amide bonds. The third kappa shape index (κ3) is 4.92. The summed E-state index contributed by atoms with van der Waals surface area (Å²) in [7, 11) is -3.71. The molecule has 1 atom stereocenters. The van der Waals surface area contributed by atoms with Crippen LogP contribution in [0.5, 0.6) is 0 Å². The third-order valence-corrected chi connectivity index (χ3v) is 6.87. The number of pyridine rings is 1. The van der Waals surface area contributed by atoms with Gasteiger partial charge in [-0.25, -0.2) is 13.4 Å². The van der Waals surface area contributed by atoms with Crippen LogP contribution in [0.2, 0.25) is 0 Å². The van der Waals surface area contributed by atoms with Crippen molar-refractivity contribution in [2.75, 3.05) is 62.2 Å². The summed E-state index contributed by atoms with van der Waals surface area (Å²) in [6.45, 7) is 8.46. The smallest absolute Gasteiger partial charge is 0.263 e. The molecule has 9 heteroatoms. The lowest BCUT2D eigenvalue weighted by atomic mass is 10.1. The Morgan fingerprint density at radius 2 is 1.83 bits per heavy atom. The molecular weight excluding hydrogens is 404 g/mol. The Hall–Kier alpha value is -2.20. The predicted molar refractivity (Wildman–Crippen MR) is 115 cm³/mol. The number of benzene rings is 1. The summed E-state index contributed by atoms with van der Waals surface area (Å²) >= 11 is 0. The molecule has 0 bridgehead atoms. The number of nitrogens with one attached hydrogen (secondary N) is 1. The number of nitrogens with zero attached hydrogens (tertiary/aromatic N) is 3. The number of likely N-dealkylation sites (N-methyl/N-ethyl adjacent to an activating group) is 1. The summed E-state index contributed by atoms with van der Waals surface area (Å²) in [4.78, 5) is 8.90. The highest BCUT2D eigenvalue weighted by Crippen LogP contribution is 2.25. The number of hydrogen-bond donors (Lipinski definition) is 1. The van der Waals surface area contributed by atoms with E-state index >= 15 is 0 Å². The fourth-order valence-electron chi connectivity index (χ4n) is 3.68. The van der Waals surface area contributed by atoms with Crippen molar-refractivity contribution in [3.63, 3.8) is 0 Å². The van der Waals surface area contributed by atoms with Crippen LogP contribution in [-0.2, 0) is 19.5 Å². The van der Waals surface area contributed by atoms with Crippen molar-refractivity contribution < 1.29 is 17.9 Å². The summed E-state index contributed by atoms with van der Waals surface area (Å²) in [5, 5.41) is 0. The van der Waals surface area contributed by atoms with Gasteiger partial charge in [0, 0.05) is 38.1 Å². The van der Waals surface area contributed by atoms with Crippen LogP contribution in [0.1, 0.15) is 18.6 Å². The van der Waals surface area contributed by atoms with E-state index in [1.54, 1.807) is 24.3 Å². The van der Waals surface area contributed by atoms with Crippen molar-refractivity contribution in [3.8, 4) is 0 Å². The van der Waals surface area contributed by atoms with Crippen LogP contribution in [0.15, 0.2) is 47.5 Å². The molecule has 0 spiro atoms. The van der Waals surface area contributed by atoms with E-state index < -0.39 is 10.0 Å². The maximum Gasteiger partial charge on any atom is 0.263 e. The van der Waals surface area contributed by atoms with Crippen molar-refractivity contribution in [2.24, 2.45) is 0 Å². The molecule has 2 aromatic rings. The van der Waals surface area contributed by atoms with Gasteiger partial charge in [0.05, 0.1) is 25.9 Å². The normalized spacial score (nSPS) is 20.8. The SMILES string of the molecule is CCN1CCOC(c2ccc(NS(=O)(=O)c3ccc(N4CCOCC4)nc3)cc2)C1. The van der Waals surface area contributed by atoms with Crippen molar-refractivity contribution in [2.45, 2.75) is 17.9 Å². The number of rotatable bonds is 6. The highest BCUT2D eigenvalue weighted by molar-refractivity contribution is 7.92. The number of hydrogen-bond acceptors (Lipinski definition) is 7. The highest BCUT2D eigenvalue weighted by atomic mass is 32.2. The molecule has 2 fully saturated rings. The van der Waals surface area contributed by atoms with Crippen LogP contribution in [0.25, 0.3) is 0 Å². The Morgan fingerprint density at radius 3 is 2.50 bits per heavy atom. The first-order valence-electron chi connectivity index (χ1n) is 10.3. The predicted octanol–water partition coefficient (Wildman–Crippen LogP) is 2.11. The van der Waals surface area contributed by atoms with Gasteiger partial charge in [-0.2, -0.15) is 0 Å². The van der Waals surface area contributed by atoms with E-state index in [4.69, 9.17) is 9.47 Å². The van der Waals surface area contributed by atoms with Crippen LogP contribution >= 0.6 is 0 Å². The fraction of sp³-hybridized carbons (Fsp3) is 0.476. The lowest BCUT2D eigenvalue weighted by Gasteiger charge is -2.32. The standard InChI is InChI=1S/C21H28N4O4S/c1-2-24-9-14-29-20(16-24)17-3-5-18(6-4-17)23-30(26,27)19-7-8-21(22-15-19)25-10-12-28-13-11-25/h3-8,15,20,23H,2,9-14,16H2,1H3. The number of aromatic nitrogens is 1. The Kier molecular flexibility index (Phi) is 6.52. The van der Waals surface area contributed by atoms with Gasteiger partial charge in [-0.3, -0.25) is 9.62 Å². The van der Waals surface area contributed by atoms with Gasteiger partial charge in [-0.05, 0) is 36.4 Å². The van der Waals surface area contributed by atoms with Crippen molar-refractivity contribution in [1.82, 2.24) is 9.88 Å². The monoisotopic (exact) mass is 432 g/mol. The van der Waals surface area contributed by atoms with E-state index in [1.807, 2.05) is 12.1 Å². The first-order valence-corrected chi connectivity index (χ1v) is 11.8. The van der Waals surface area contributed by atoms with Crippen LogP contribution in [0.4, 0.5) is 11.5 Å². The molecule has 0 saturated carbocycles. The molecular formula is C21H28N4O4S. The van der Waals surface area contributed by atoms with E-state index in [0.717, 1.165) is 44.1 Å². The minimum Gasteiger partial charge on any atom is -0.378 e. The summed E-state index contributed by atoms with van der Waals surface area (Å²) in [5.74, 6) is 0.759. The largest absolute Gasteiger partial charge is 0.378 e. The van der Waals surface area contributed by atoms with E-state index in [9.17, 15) is 8.42 Å². The highest BCUT2D eigenvalue weighted by Gasteiger charge is 2.21. The lowest BCUT2D eigenvalue weighted by Crippen LogP contribution is -2.38. The molecule has 2 saturated heterocycles. The first-order chi connectivity index (χ1) is 14.5. The average Bonchev–Trinajstić information content (AvgIpc) is 2.80. The third-order valence-electron chi connectivity index (χ3n) is 5.50. The Bertz CT molecular complexity index is 928. The average molecular weight is 433 g/mol. The van der Waals surface area contributed by atoms with Gasteiger partial charge < -0.3 is 14.4 Å². The van der Waals surface area contributed by atoms with Crippen LogP contribution in [0, 0.1) is 0 Å². The maximum absolute atomic E-state index is 12.7. The molecule has 1 aromatic heterocycles. The van der Waals surface area contributed by atoms with Gasteiger partial charge in [0.15, 0.2) is 0 Å². The van der Waals surface area contributed by atoms with Crippen molar-refractivity contribution in [1.29, 1.82) is 0 Å². The maximum atomic E-state index is 12.7. The molecule has 1 aromatic carbocycles. The molecule has 0 aliphatic carbocycles. The van der Waals surface area contributed by atoms with E-state index in [0.29, 0.717) is 25.5 Å². The van der Waals surface area contributed by atoms with Gasteiger partial charge in [-0.15, -0.1) is 0 Å². The Balaban J connectivity index is 1.41. The number of anilines is 2. The van der Waals surface area contributed by atoms with Gasteiger partial charge in [0.25, 0.3) is 10.0 Å². The Labute approximate surface area is 177 Å². The van der Waals surface area contributed by atoms with Crippen LogP contribution < -0.4 is 9.62 Å². The summed E-state index contributed by atoms with van der Waals surface area (Å²) in [6, 6.07) is 10.7. The number of sulfonamides is 1. The van der Waals surface area contributed by atoms with E-state index in [-0.39, 0.29) is 11.0 Å². The molecule has 30 heavy (non-hydrogen) atoms. The number of morpholine rings is 2. The minimum atomic E-state index is -3.71. The van der Waals surface area contributed by atoms with Gasteiger partial charge in [-0.1, -0.05) is 19.1 Å². The second kappa shape index (κ2) is 9.30.